The van der Waals surface area contributed by atoms with Gasteiger partial charge in [0.1, 0.15) is 22.4 Å². The van der Waals surface area contributed by atoms with Gasteiger partial charge < -0.3 is 10.1 Å². The molecule has 0 atom stereocenters. The molecular weight excluding hydrogens is 351 g/mol. The first kappa shape index (κ1) is 15.6. The summed E-state index contributed by atoms with van der Waals surface area (Å²) in [5.74, 6) is 0.696. The fourth-order valence-corrected chi connectivity index (χ4v) is 1.99. The summed E-state index contributed by atoms with van der Waals surface area (Å²) in [5, 5.41) is 2.98. The number of halogens is 4. The third-order valence-electron chi connectivity index (χ3n) is 2.48. The average Bonchev–Trinajstić information content (AvgIpc) is 2.43. The molecule has 0 unspecified atom stereocenters. The third kappa shape index (κ3) is 3.84. The van der Waals surface area contributed by atoms with Crippen molar-refractivity contribution in [1.29, 1.82) is 0 Å². The summed E-state index contributed by atoms with van der Waals surface area (Å²) >= 11 is 3.26. The second kappa shape index (κ2) is 6.30. The van der Waals surface area contributed by atoms with Crippen molar-refractivity contribution in [1.82, 2.24) is 9.97 Å². The lowest BCUT2D eigenvalue weighted by Crippen LogP contribution is -2.05. The van der Waals surface area contributed by atoms with Crippen molar-refractivity contribution < 1.29 is 17.9 Å². The number of hydrogen-bond donors (Lipinski definition) is 1. The molecule has 0 bridgehead atoms. The van der Waals surface area contributed by atoms with E-state index in [4.69, 9.17) is 4.74 Å². The molecule has 21 heavy (non-hydrogen) atoms. The molecule has 4 nitrogen and oxygen atoms in total. The highest BCUT2D eigenvalue weighted by Gasteiger charge is 2.30. The number of anilines is 1. The smallest absolute Gasteiger partial charge is 0.416 e. The van der Waals surface area contributed by atoms with E-state index in [1.807, 2.05) is 6.92 Å². The molecule has 0 fully saturated rings. The molecule has 0 saturated heterocycles. The van der Waals surface area contributed by atoms with E-state index in [-0.39, 0.29) is 11.6 Å². The van der Waals surface area contributed by atoms with E-state index < -0.39 is 11.7 Å². The first-order valence-corrected chi connectivity index (χ1v) is 6.80. The quantitative estimate of drug-likeness (QED) is 0.871. The Bertz CT molecular complexity index is 634. The van der Waals surface area contributed by atoms with Crippen LogP contribution in [0, 0.1) is 0 Å². The number of rotatable bonds is 4. The molecule has 0 aliphatic carbocycles. The van der Waals surface area contributed by atoms with Gasteiger partial charge in [0.15, 0.2) is 0 Å². The van der Waals surface area contributed by atoms with Crippen LogP contribution in [-0.2, 0) is 6.18 Å². The zero-order valence-corrected chi connectivity index (χ0v) is 12.5. The summed E-state index contributed by atoms with van der Waals surface area (Å²) in [6.07, 6.45) is -3.15. The van der Waals surface area contributed by atoms with Crippen LogP contribution in [0.3, 0.4) is 0 Å². The van der Waals surface area contributed by atoms with E-state index in [0.29, 0.717) is 16.8 Å². The highest BCUT2D eigenvalue weighted by atomic mass is 79.9. The number of ether oxygens (including phenoxy) is 1. The van der Waals surface area contributed by atoms with Crippen LogP contribution in [0.5, 0.6) is 11.6 Å². The lowest BCUT2D eigenvalue weighted by atomic mass is 10.2. The second-order valence-electron chi connectivity index (χ2n) is 4.00. The maximum Gasteiger partial charge on any atom is 0.416 e. The van der Waals surface area contributed by atoms with Crippen LogP contribution in [0.15, 0.2) is 35.1 Å². The Morgan fingerprint density at radius 2 is 2.05 bits per heavy atom. The zero-order chi connectivity index (χ0) is 15.5. The molecular formula is C13H11BrF3N3O. The summed E-state index contributed by atoms with van der Waals surface area (Å²) in [6, 6.07) is 4.60. The number of nitrogens with zero attached hydrogens (tertiary/aromatic N) is 2. The van der Waals surface area contributed by atoms with Crippen molar-refractivity contribution in [3.05, 3.63) is 40.6 Å². The van der Waals surface area contributed by atoms with Gasteiger partial charge in [0, 0.05) is 6.54 Å². The second-order valence-corrected chi connectivity index (χ2v) is 4.79. The Morgan fingerprint density at radius 3 is 2.71 bits per heavy atom. The molecule has 8 heteroatoms. The molecule has 112 valence electrons. The van der Waals surface area contributed by atoms with E-state index in [1.54, 1.807) is 0 Å². The van der Waals surface area contributed by atoms with Gasteiger partial charge in [-0.1, -0.05) is 6.07 Å². The standard InChI is InChI=1S/C13H11BrF3N3O/c1-2-18-11-10(14)12(20-7-19-11)21-9-5-3-4-8(6-9)13(15,16)17/h3-7H,2H2,1H3,(H,18,19,20). The average molecular weight is 362 g/mol. The maximum atomic E-state index is 12.7. The molecule has 1 aromatic carbocycles. The largest absolute Gasteiger partial charge is 0.438 e. The minimum atomic E-state index is -4.42. The van der Waals surface area contributed by atoms with Gasteiger partial charge in [-0.15, -0.1) is 0 Å². The van der Waals surface area contributed by atoms with Gasteiger partial charge in [-0.05, 0) is 41.1 Å². The summed E-state index contributed by atoms with van der Waals surface area (Å²) in [5.41, 5.74) is -0.780. The number of hydrogen-bond acceptors (Lipinski definition) is 4. The lowest BCUT2D eigenvalue weighted by molar-refractivity contribution is -0.137. The number of nitrogens with one attached hydrogen (secondary N) is 1. The predicted octanol–water partition coefficient (Wildman–Crippen LogP) is 4.48. The van der Waals surface area contributed by atoms with Crippen molar-refractivity contribution in [3.63, 3.8) is 0 Å². The SMILES string of the molecule is CCNc1ncnc(Oc2cccc(C(F)(F)F)c2)c1Br. The summed E-state index contributed by atoms with van der Waals surface area (Å²) in [7, 11) is 0. The number of benzene rings is 1. The van der Waals surface area contributed by atoms with Crippen LogP contribution in [0.1, 0.15) is 12.5 Å². The Hall–Kier alpha value is -1.83. The minimum absolute atomic E-state index is 0.0478. The molecule has 1 heterocycles. The van der Waals surface area contributed by atoms with Gasteiger partial charge in [-0.3, -0.25) is 0 Å². The molecule has 0 spiro atoms. The highest BCUT2D eigenvalue weighted by Crippen LogP contribution is 2.35. The van der Waals surface area contributed by atoms with E-state index in [1.165, 1.54) is 18.5 Å². The first-order valence-electron chi connectivity index (χ1n) is 6.01. The first-order chi connectivity index (χ1) is 9.91. The Morgan fingerprint density at radius 1 is 1.29 bits per heavy atom. The van der Waals surface area contributed by atoms with Gasteiger partial charge >= 0.3 is 6.18 Å². The molecule has 0 aliphatic rings. The summed E-state index contributed by atoms with van der Waals surface area (Å²) < 4.78 is 43.8. The van der Waals surface area contributed by atoms with Crippen LogP contribution in [0.25, 0.3) is 0 Å². The number of aromatic nitrogens is 2. The minimum Gasteiger partial charge on any atom is -0.438 e. The maximum absolute atomic E-state index is 12.7. The zero-order valence-electron chi connectivity index (χ0n) is 10.9. The third-order valence-corrected chi connectivity index (χ3v) is 3.19. The van der Waals surface area contributed by atoms with Gasteiger partial charge in [0.05, 0.1) is 5.56 Å². The monoisotopic (exact) mass is 361 g/mol. The fraction of sp³-hybridized carbons (Fsp3) is 0.231. The van der Waals surface area contributed by atoms with Crippen molar-refractivity contribution in [2.24, 2.45) is 0 Å². The van der Waals surface area contributed by atoms with Crippen molar-refractivity contribution in [2.45, 2.75) is 13.1 Å². The normalized spacial score (nSPS) is 11.3. The summed E-state index contributed by atoms with van der Waals surface area (Å²) in [6.45, 7) is 2.53. The Kier molecular flexibility index (Phi) is 4.66. The van der Waals surface area contributed by atoms with Crippen molar-refractivity contribution >= 4 is 21.7 Å². The molecule has 0 saturated carbocycles. The molecule has 0 radical (unpaired) electrons. The molecule has 0 aliphatic heterocycles. The highest BCUT2D eigenvalue weighted by molar-refractivity contribution is 9.10. The van der Waals surface area contributed by atoms with Crippen LogP contribution >= 0.6 is 15.9 Å². The predicted molar refractivity (Wildman–Crippen MR) is 75.4 cm³/mol. The van der Waals surface area contributed by atoms with E-state index in [9.17, 15) is 13.2 Å². The molecule has 0 amide bonds. The Labute approximate surface area is 127 Å². The topological polar surface area (TPSA) is 47.0 Å². The van der Waals surface area contributed by atoms with Gasteiger partial charge in [0.25, 0.3) is 0 Å². The van der Waals surface area contributed by atoms with Crippen LogP contribution in [-0.4, -0.2) is 16.5 Å². The molecule has 1 N–H and O–H groups in total. The van der Waals surface area contributed by atoms with Crippen LogP contribution in [0.2, 0.25) is 0 Å². The summed E-state index contributed by atoms with van der Waals surface area (Å²) in [4.78, 5) is 7.90. The van der Waals surface area contributed by atoms with Crippen LogP contribution in [0.4, 0.5) is 19.0 Å². The molecule has 2 rings (SSSR count). The van der Waals surface area contributed by atoms with Gasteiger partial charge in [-0.25, -0.2) is 9.97 Å². The van der Waals surface area contributed by atoms with E-state index in [0.717, 1.165) is 12.1 Å². The number of alkyl halides is 3. The lowest BCUT2D eigenvalue weighted by Gasteiger charge is -2.11. The van der Waals surface area contributed by atoms with Crippen molar-refractivity contribution in [2.75, 3.05) is 11.9 Å². The molecule has 1 aromatic heterocycles. The van der Waals surface area contributed by atoms with E-state index in [2.05, 4.69) is 31.2 Å². The van der Waals surface area contributed by atoms with Crippen molar-refractivity contribution in [3.8, 4) is 11.6 Å². The van der Waals surface area contributed by atoms with Gasteiger partial charge in [-0.2, -0.15) is 13.2 Å². The molecule has 2 aromatic rings. The van der Waals surface area contributed by atoms with E-state index >= 15 is 0 Å². The fourth-order valence-electron chi connectivity index (χ4n) is 1.56. The van der Waals surface area contributed by atoms with Gasteiger partial charge in [0.2, 0.25) is 5.88 Å². The Balaban J connectivity index is 2.28. The van der Waals surface area contributed by atoms with Crippen LogP contribution < -0.4 is 10.1 Å².